The number of aromatic nitrogens is 1. The first-order valence-electron chi connectivity index (χ1n) is 4.90. The number of amides is 2. The number of hydrogen-bond donors (Lipinski definition) is 3. The molecule has 0 atom stereocenters. The van der Waals surface area contributed by atoms with Gasteiger partial charge in [0.25, 0.3) is 0 Å². The van der Waals surface area contributed by atoms with Crippen molar-refractivity contribution in [3.8, 4) is 0 Å². The van der Waals surface area contributed by atoms with Gasteiger partial charge in [0.15, 0.2) is 0 Å². The van der Waals surface area contributed by atoms with Gasteiger partial charge < -0.3 is 15.5 Å². The molecule has 0 spiro atoms. The van der Waals surface area contributed by atoms with E-state index in [-0.39, 0.29) is 0 Å². The van der Waals surface area contributed by atoms with Gasteiger partial charge in [-0.1, -0.05) is 0 Å². The fraction of sp³-hybridized carbons (Fsp3) is 0.400. The summed E-state index contributed by atoms with van der Waals surface area (Å²) in [5.74, 6) is 0.0133. The standard InChI is InChI=1S/C10H15N3O3/c1-4-16-9(14)7-5(2)8(12-6(7)3)13-10(11)15/h12H,4H2,1-3H3,(H3,11,13,15). The van der Waals surface area contributed by atoms with E-state index in [2.05, 4.69) is 10.3 Å². The maximum absolute atomic E-state index is 11.6. The van der Waals surface area contributed by atoms with Crippen LogP contribution in [0.2, 0.25) is 0 Å². The molecule has 1 heterocycles. The van der Waals surface area contributed by atoms with Gasteiger partial charge in [0, 0.05) is 11.3 Å². The number of hydrogen-bond acceptors (Lipinski definition) is 3. The normalized spacial score (nSPS) is 9.94. The molecule has 0 aliphatic carbocycles. The quantitative estimate of drug-likeness (QED) is 0.676. The van der Waals surface area contributed by atoms with E-state index >= 15 is 0 Å². The number of carbonyl (C=O) groups is 2. The van der Waals surface area contributed by atoms with Crippen molar-refractivity contribution in [3.05, 3.63) is 16.8 Å². The highest BCUT2D eigenvalue weighted by Crippen LogP contribution is 2.22. The highest BCUT2D eigenvalue weighted by molar-refractivity contribution is 5.96. The Hall–Kier alpha value is -1.98. The fourth-order valence-corrected chi connectivity index (χ4v) is 1.51. The highest BCUT2D eigenvalue weighted by Gasteiger charge is 2.19. The maximum Gasteiger partial charge on any atom is 0.340 e. The van der Waals surface area contributed by atoms with Crippen molar-refractivity contribution >= 4 is 17.8 Å². The van der Waals surface area contributed by atoms with Gasteiger partial charge in [0.05, 0.1) is 12.2 Å². The van der Waals surface area contributed by atoms with Crippen molar-refractivity contribution in [3.63, 3.8) is 0 Å². The number of nitrogens with one attached hydrogen (secondary N) is 2. The molecule has 1 aromatic rings. The van der Waals surface area contributed by atoms with Crippen LogP contribution in [0.3, 0.4) is 0 Å². The number of anilines is 1. The Balaban J connectivity index is 3.06. The van der Waals surface area contributed by atoms with Gasteiger partial charge in [-0.3, -0.25) is 5.32 Å². The predicted molar refractivity (Wildman–Crippen MR) is 59.4 cm³/mol. The van der Waals surface area contributed by atoms with E-state index in [9.17, 15) is 9.59 Å². The van der Waals surface area contributed by atoms with Gasteiger partial charge in [0.1, 0.15) is 5.82 Å². The third-order valence-corrected chi connectivity index (χ3v) is 2.17. The Bertz CT molecular complexity index is 423. The van der Waals surface area contributed by atoms with Crippen LogP contribution >= 0.6 is 0 Å². The van der Waals surface area contributed by atoms with Crippen molar-refractivity contribution in [1.82, 2.24) is 4.98 Å². The molecule has 0 aliphatic heterocycles. The van der Waals surface area contributed by atoms with Crippen molar-refractivity contribution in [2.75, 3.05) is 11.9 Å². The smallest absolute Gasteiger partial charge is 0.340 e. The number of urea groups is 1. The molecule has 1 rings (SSSR count). The molecule has 0 radical (unpaired) electrons. The molecule has 0 fully saturated rings. The number of rotatable bonds is 3. The van der Waals surface area contributed by atoms with Gasteiger partial charge in [0.2, 0.25) is 0 Å². The largest absolute Gasteiger partial charge is 0.462 e. The fourth-order valence-electron chi connectivity index (χ4n) is 1.51. The van der Waals surface area contributed by atoms with E-state index in [4.69, 9.17) is 10.5 Å². The highest BCUT2D eigenvalue weighted by atomic mass is 16.5. The van der Waals surface area contributed by atoms with Gasteiger partial charge in [-0.15, -0.1) is 0 Å². The van der Waals surface area contributed by atoms with Crippen LogP contribution in [0.15, 0.2) is 0 Å². The second kappa shape index (κ2) is 4.69. The Morgan fingerprint density at radius 1 is 1.44 bits per heavy atom. The zero-order valence-corrected chi connectivity index (χ0v) is 9.51. The number of primary amides is 1. The van der Waals surface area contributed by atoms with E-state index in [1.807, 2.05) is 0 Å². The summed E-state index contributed by atoms with van der Waals surface area (Å²) in [5.41, 5.74) is 6.70. The SMILES string of the molecule is CCOC(=O)c1c(C)[nH]c(NC(N)=O)c1C. The summed E-state index contributed by atoms with van der Waals surface area (Å²) in [4.78, 5) is 25.2. The lowest BCUT2D eigenvalue weighted by atomic mass is 10.1. The van der Waals surface area contributed by atoms with Crippen molar-refractivity contribution in [1.29, 1.82) is 0 Å². The van der Waals surface area contributed by atoms with E-state index < -0.39 is 12.0 Å². The van der Waals surface area contributed by atoms with Crippen LogP contribution in [0, 0.1) is 13.8 Å². The lowest BCUT2D eigenvalue weighted by Gasteiger charge is -2.02. The molecule has 6 nitrogen and oxygen atoms in total. The number of H-pyrrole nitrogens is 1. The van der Waals surface area contributed by atoms with Crippen LogP contribution in [0.1, 0.15) is 28.5 Å². The number of aromatic amines is 1. The molecule has 0 aliphatic rings. The number of ether oxygens (including phenoxy) is 1. The third-order valence-electron chi connectivity index (χ3n) is 2.17. The minimum absolute atomic E-state index is 0.307. The first-order chi connectivity index (χ1) is 7.47. The molecule has 0 bridgehead atoms. The van der Waals surface area contributed by atoms with Gasteiger partial charge in [-0.05, 0) is 20.8 Å². The first-order valence-corrected chi connectivity index (χ1v) is 4.90. The maximum atomic E-state index is 11.6. The summed E-state index contributed by atoms with van der Waals surface area (Å²) in [7, 11) is 0. The summed E-state index contributed by atoms with van der Waals surface area (Å²) in [6.07, 6.45) is 0. The molecule has 4 N–H and O–H groups in total. The Kier molecular flexibility index (Phi) is 3.55. The van der Waals surface area contributed by atoms with Crippen LogP contribution in [0.4, 0.5) is 10.6 Å². The second-order valence-electron chi connectivity index (χ2n) is 3.33. The molecule has 16 heavy (non-hydrogen) atoms. The van der Waals surface area contributed by atoms with Gasteiger partial charge >= 0.3 is 12.0 Å². The summed E-state index contributed by atoms with van der Waals surface area (Å²) in [6.45, 7) is 5.48. The second-order valence-corrected chi connectivity index (χ2v) is 3.33. The Labute approximate surface area is 93.2 Å². The number of carbonyl (C=O) groups excluding carboxylic acids is 2. The van der Waals surface area contributed by atoms with E-state index in [0.29, 0.717) is 29.2 Å². The molecular formula is C10H15N3O3. The number of esters is 1. The minimum Gasteiger partial charge on any atom is -0.462 e. The molecule has 0 saturated heterocycles. The molecule has 1 aromatic heterocycles. The minimum atomic E-state index is -0.681. The molecule has 88 valence electrons. The predicted octanol–water partition coefficient (Wildman–Crippen LogP) is 1.30. The van der Waals surface area contributed by atoms with Crippen LogP contribution in [-0.4, -0.2) is 23.6 Å². The van der Waals surface area contributed by atoms with Crippen molar-refractivity contribution < 1.29 is 14.3 Å². The summed E-state index contributed by atoms with van der Waals surface area (Å²) < 4.78 is 4.91. The zero-order valence-electron chi connectivity index (χ0n) is 9.51. The average molecular weight is 225 g/mol. The molecule has 0 unspecified atom stereocenters. The van der Waals surface area contributed by atoms with E-state index in [1.54, 1.807) is 20.8 Å². The van der Waals surface area contributed by atoms with Crippen LogP contribution in [0.5, 0.6) is 0 Å². The Morgan fingerprint density at radius 3 is 2.56 bits per heavy atom. The first kappa shape index (κ1) is 12.1. The summed E-state index contributed by atoms with van der Waals surface area (Å²) in [6, 6.07) is -0.681. The third kappa shape index (κ3) is 2.33. The lowest BCUT2D eigenvalue weighted by Crippen LogP contribution is -2.20. The van der Waals surface area contributed by atoms with Crippen molar-refractivity contribution in [2.24, 2.45) is 5.73 Å². The molecular weight excluding hydrogens is 210 g/mol. The number of nitrogens with two attached hydrogens (primary N) is 1. The monoisotopic (exact) mass is 225 g/mol. The summed E-state index contributed by atoms with van der Waals surface area (Å²) in [5, 5.41) is 2.41. The zero-order chi connectivity index (χ0) is 12.3. The van der Waals surface area contributed by atoms with Crippen LogP contribution < -0.4 is 11.1 Å². The van der Waals surface area contributed by atoms with Crippen molar-refractivity contribution in [2.45, 2.75) is 20.8 Å². The molecule has 2 amide bonds. The Morgan fingerprint density at radius 2 is 2.06 bits per heavy atom. The number of aryl methyl sites for hydroxylation is 1. The topological polar surface area (TPSA) is 97.2 Å². The lowest BCUT2D eigenvalue weighted by molar-refractivity contribution is 0.0525. The van der Waals surface area contributed by atoms with Gasteiger partial charge in [-0.2, -0.15) is 0 Å². The van der Waals surface area contributed by atoms with Gasteiger partial charge in [-0.25, -0.2) is 9.59 Å². The molecule has 0 saturated carbocycles. The van der Waals surface area contributed by atoms with E-state index in [0.717, 1.165) is 0 Å². The van der Waals surface area contributed by atoms with E-state index in [1.165, 1.54) is 0 Å². The van der Waals surface area contributed by atoms with Crippen LogP contribution in [-0.2, 0) is 4.74 Å². The summed E-state index contributed by atoms with van der Waals surface area (Å²) >= 11 is 0. The average Bonchev–Trinajstić information content (AvgIpc) is 2.41. The van der Waals surface area contributed by atoms with Crippen LogP contribution in [0.25, 0.3) is 0 Å². The molecule has 6 heteroatoms. The molecule has 0 aromatic carbocycles.